The summed E-state index contributed by atoms with van der Waals surface area (Å²) in [6, 6.07) is 5.43. The first-order valence-corrected chi connectivity index (χ1v) is 16.7. The molecule has 4 nitrogen and oxygen atoms in total. The average molecular weight is 547 g/mol. The standard InChI is InChI=1S/C35H62O4/c1-4-6-8-10-12-14-15-16-17-18-20-22-24-26-28-39-34-30-32(35(36)37-3)29-33(31-34)38-27-25-23-21-19-13-11-9-7-5-2/h29-31H,4-28H2,1-3H3. The molecule has 0 aromatic heterocycles. The second-order valence-corrected chi connectivity index (χ2v) is 11.3. The maximum Gasteiger partial charge on any atom is 0.338 e. The monoisotopic (exact) mass is 546 g/mol. The van der Waals surface area contributed by atoms with Gasteiger partial charge in [0.2, 0.25) is 0 Å². The minimum Gasteiger partial charge on any atom is -0.493 e. The fraction of sp³-hybridized carbons (Fsp3) is 0.800. The maximum atomic E-state index is 12.1. The average Bonchev–Trinajstić information content (AvgIpc) is 2.95. The Morgan fingerprint density at radius 3 is 1.10 bits per heavy atom. The second kappa shape index (κ2) is 26.5. The maximum absolute atomic E-state index is 12.1. The highest BCUT2D eigenvalue weighted by atomic mass is 16.5. The highest BCUT2D eigenvalue weighted by Crippen LogP contribution is 2.24. The molecule has 0 fully saturated rings. The molecule has 0 N–H and O–H groups in total. The van der Waals surface area contributed by atoms with Crippen LogP contribution < -0.4 is 9.47 Å². The van der Waals surface area contributed by atoms with E-state index in [9.17, 15) is 4.79 Å². The zero-order valence-electron chi connectivity index (χ0n) is 26.0. The van der Waals surface area contributed by atoms with Crippen LogP contribution in [0.2, 0.25) is 0 Å². The second-order valence-electron chi connectivity index (χ2n) is 11.3. The number of unbranched alkanes of at least 4 members (excludes halogenated alkanes) is 21. The van der Waals surface area contributed by atoms with Gasteiger partial charge in [-0.15, -0.1) is 0 Å². The molecule has 0 heterocycles. The van der Waals surface area contributed by atoms with E-state index in [4.69, 9.17) is 14.2 Å². The van der Waals surface area contributed by atoms with Crippen LogP contribution >= 0.6 is 0 Å². The van der Waals surface area contributed by atoms with Gasteiger partial charge in [-0.1, -0.05) is 149 Å². The van der Waals surface area contributed by atoms with Crippen LogP contribution in [0, 0.1) is 0 Å². The van der Waals surface area contributed by atoms with E-state index in [0.29, 0.717) is 30.3 Å². The first kappa shape index (κ1) is 35.3. The van der Waals surface area contributed by atoms with Gasteiger partial charge in [-0.2, -0.15) is 0 Å². The predicted octanol–water partition coefficient (Wildman–Crippen LogP) is 11.2. The van der Waals surface area contributed by atoms with Gasteiger partial charge in [0.15, 0.2) is 0 Å². The minimum absolute atomic E-state index is 0.357. The van der Waals surface area contributed by atoms with Crippen molar-refractivity contribution >= 4 is 5.97 Å². The summed E-state index contributed by atoms with van der Waals surface area (Å²) in [5.41, 5.74) is 0.484. The molecule has 0 atom stereocenters. The molecule has 0 amide bonds. The molecule has 39 heavy (non-hydrogen) atoms. The zero-order valence-corrected chi connectivity index (χ0v) is 26.0. The lowest BCUT2D eigenvalue weighted by Gasteiger charge is -2.12. The molecule has 0 radical (unpaired) electrons. The zero-order chi connectivity index (χ0) is 28.2. The number of carbonyl (C=O) groups excluding carboxylic acids is 1. The van der Waals surface area contributed by atoms with E-state index in [0.717, 1.165) is 12.8 Å². The summed E-state index contributed by atoms with van der Waals surface area (Å²) < 4.78 is 16.9. The van der Waals surface area contributed by atoms with Gasteiger partial charge in [0.25, 0.3) is 0 Å². The molecule has 0 bridgehead atoms. The van der Waals surface area contributed by atoms with Gasteiger partial charge in [-0.3, -0.25) is 0 Å². The first-order valence-electron chi connectivity index (χ1n) is 16.7. The van der Waals surface area contributed by atoms with Gasteiger partial charge in [-0.05, 0) is 25.0 Å². The first-order chi connectivity index (χ1) is 19.2. The van der Waals surface area contributed by atoms with Crippen molar-refractivity contribution < 1.29 is 19.0 Å². The molecule has 0 spiro atoms. The Bertz CT molecular complexity index is 687. The molecule has 1 aromatic rings. The Morgan fingerprint density at radius 2 is 0.795 bits per heavy atom. The number of methoxy groups -OCH3 is 1. The number of hydrogen-bond acceptors (Lipinski definition) is 4. The summed E-state index contributed by atoms with van der Waals surface area (Å²) in [6.07, 6.45) is 30.4. The smallest absolute Gasteiger partial charge is 0.338 e. The quantitative estimate of drug-likeness (QED) is 0.0774. The van der Waals surface area contributed by atoms with Crippen molar-refractivity contribution in [3.63, 3.8) is 0 Å². The van der Waals surface area contributed by atoms with Crippen LogP contribution in [-0.4, -0.2) is 26.3 Å². The summed E-state index contributed by atoms with van der Waals surface area (Å²) >= 11 is 0. The van der Waals surface area contributed by atoms with Crippen molar-refractivity contribution in [2.75, 3.05) is 20.3 Å². The summed E-state index contributed by atoms with van der Waals surface area (Å²) in [5, 5.41) is 0. The Hall–Kier alpha value is -1.71. The SMILES string of the molecule is CCCCCCCCCCCCCCCCOc1cc(OCCCCCCCCCCC)cc(C(=O)OC)c1. The molecule has 1 aromatic carbocycles. The largest absolute Gasteiger partial charge is 0.493 e. The summed E-state index contributed by atoms with van der Waals surface area (Å²) in [7, 11) is 1.41. The lowest BCUT2D eigenvalue weighted by molar-refractivity contribution is 0.0599. The number of hydrogen-bond donors (Lipinski definition) is 0. The molecule has 1 rings (SSSR count). The van der Waals surface area contributed by atoms with Crippen molar-refractivity contribution in [1.29, 1.82) is 0 Å². The van der Waals surface area contributed by atoms with Gasteiger partial charge in [0.1, 0.15) is 11.5 Å². The van der Waals surface area contributed by atoms with Crippen LogP contribution in [0.1, 0.15) is 172 Å². The highest BCUT2D eigenvalue weighted by Gasteiger charge is 2.11. The van der Waals surface area contributed by atoms with Crippen molar-refractivity contribution in [2.24, 2.45) is 0 Å². The van der Waals surface area contributed by atoms with Gasteiger partial charge in [0.05, 0.1) is 25.9 Å². The van der Waals surface area contributed by atoms with Crippen LogP contribution in [0.3, 0.4) is 0 Å². The number of ether oxygens (including phenoxy) is 3. The van der Waals surface area contributed by atoms with Crippen molar-refractivity contribution in [1.82, 2.24) is 0 Å². The van der Waals surface area contributed by atoms with E-state index in [1.54, 1.807) is 12.1 Å². The van der Waals surface area contributed by atoms with E-state index in [1.165, 1.54) is 142 Å². The number of carbonyl (C=O) groups is 1. The normalized spacial score (nSPS) is 11.1. The molecule has 4 heteroatoms. The van der Waals surface area contributed by atoms with Gasteiger partial charge in [0, 0.05) is 6.07 Å². The number of esters is 1. The molecule has 0 aliphatic rings. The predicted molar refractivity (Wildman–Crippen MR) is 166 cm³/mol. The molecule has 0 saturated carbocycles. The Labute approximate surface area is 242 Å². The summed E-state index contributed by atoms with van der Waals surface area (Å²) in [5.74, 6) is 1.02. The van der Waals surface area contributed by atoms with E-state index in [-0.39, 0.29) is 5.97 Å². The van der Waals surface area contributed by atoms with Gasteiger partial charge < -0.3 is 14.2 Å². The topological polar surface area (TPSA) is 44.8 Å². The molecule has 226 valence electrons. The molecule has 0 aliphatic heterocycles. The van der Waals surface area contributed by atoms with E-state index in [2.05, 4.69) is 13.8 Å². The Kier molecular flexibility index (Phi) is 24.0. The van der Waals surface area contributed by atoms with Crippen LogP contribution in [0.4, 0.5) is 0 Å². The van der Waals surface area contributed by atoms with E-state index in [1.807, 2.05) is 6.07 Å². The third-order valence-corrected chi connectivity index (χ3v) is 7.58. The van der Waals surface area contributed by atoms with Gasteiger partial charge in [-0.25, -0.2) is 4.79 Å². The lowest BCUT2D eigenvalue weighted by Crippen LogP contribution is -2.05. The fourth-order valence-corrected chi connectivity index (χ4v) is 5.06. The Balaban J connectivity index is 2.16. The van der Waals surface area contributed by atoms with E-state index < -0.39 is 0 Å². The molecular weight excluding hydrogens is 484 g/mol. The van der Waals surface area contributed by atoms with Crippen LogP contribution in [0.15, 0.2) is 18.2 Å². The van der Waals surface area contributed by atoms with E-state index >= 15 is 0 Å². The molecule has 0 aliphatic carbocycles. The van der Waals surface area contributed by atoms with Crippen LogP contribution in [-0.2, 0) is 4.74 Å². The number of rotatable bonds is 28. The lowest BCUT2D eigenvalue weighted by atomic mass is 10.0. The van der Waals surface area contributed by atoms with Crippen molar-refractivity contribution in [2.45, 2.75) is 162 Å². The summed E-state index contributed by atoms with van der Waals surface area (Å²) in [6.45, 7) is 5.87. The summed E-state index contributed by atoms with van der Waals surface area (Å²) in [4.78, 5) is 12.1. The fourth-order valence-electron chi connectivity index (χ4n) is 5.06. The van der Waals surface area contributed by atoms with Gasteiger partial charge >= 0.3 is 5.97 Å². The molecular formula is C35H62O4. The van der Waals surface area contributed by atoms with Crippen molar-refractivity contribution in [3.8, 4) is 11.5 Å². The Morgan fingerprint density at radius 1 is 0.487 bits per heavy atom. The van der Waals surface area contributed by atoms with Crippen LogP contribution in [0.5, 0.6) is 11.5 Å². The molecule has 0 unspecified atom stereocenters. The van der Waals surface area contributed by atoms with Crippen LogP contribution in [0.25, 0.3) is 0 Å². The van der Waals surface area contributed by atoms with Crippen molar-refractivity contribution in [3.05, 3.63) is 23.8 Å². The number of benzene rings is 1. The third-order valence-electron chi connectivity index (χ3n) is 7.58. The molecule has 0 saturated heterocycles. The highest BCUT2D eigenvalue weighted by molar-refractivity contribution is 5.90. The minimum atomic E-state index is -0.357. The third kappa shape index (κ3) is 20.8.